The van der Waals surface area contributed by atoms with Gasteiger partial charge in [0, 0.05) is 25.3 Å². The third-order valence-electron chi connectivity index (χ3n) is 2.64. The maximum atomic E-state index is 13.5. The minimum Gasteiger partial charge on any atom is -0.396 e. The molecule has 1 aromatic rings. The van der Waals surface area contributed by atoms with Gasteiger partial charge in [-0.3, -0.25) is 0 Å². The van der Waals surface area contributed by atoms with Gasteiger partial charge in [0.15, 0.2) is 5.96 Å². The van der Waals surface area contributed by atoms with Crippen LogP contribution in [0.15, 0.2) is 29.3 Å². The summed E-state index contributed by atoms with van der Waals surface area (Å²) in [5.41, 5.74) is 0.565. The van der Waals surface area contributed by atoms with E-state index in [-0.39, 0.29) is 48.9 Å². The van der Waals surface area contributed by atoms with Crippen molar-refractivity contribution in [1.82, 2.24) is 10.6 Å². The number of aliphatic hydroxyl groups excluding tert-OH is 1. The van der Waals surface area contributed by atoms with Gasteiger partial charge in [-0.2, -0.15) is 0 Å². The highest BCUT2D eigenvalue weighted by atomic mass is 127. The van der Waals surface area contributed by atoms with Crippen molar-refractivity contribution in [2.45, 2.75) is 20.4 Å². The van der Waals surface area contributed by atoms with E-state index in [9.17, 15) is 4.39 Å². The molecule has 3 N–H and O–H groups in total. The molecule has 20 heavy (non-hydrogen) atoms. The first-order chi connectivity index (χ1) is 9.17. The van der Waals surface area contributed by atoms with E-state index in [1.54, 1.807) is 18.2 Å². The molecule has 0 fully saturated rings. The minimum absolute atomic E-state index is 0. The third kappa shape index (κ3) is 7.04. The molecule has 0 aliphatic heterocycles. The number of hydrogen-bond acceptors (Lipinski definition) is 2. The Bertz CT molecular complexity index is 415. The molecule has 0 aliphatic rings. The predicted molar refractivity (Wildman–Crippen MR) is 90.9 cm³/mol. The van der Waals surface area contributed by atoms with E-state index >= 15 is 0 Å². The van der Waals surface area contributed by atoms with Crippen LogP contribution in [-0.2, 0) is 6.54 Å². The SMILES string of the molecule is CCNC(=NCc1ccccc1F)NCC(C)CO.I. The van der Waals surface area contributed by atoms with Gasteiger partial charge in [-0.15, -0.1) is 24.0 Å². The summed E-state index contributed by atoms with van der Waals surface area (Å²) in [5.74, 6) is 0.536. The van der Waals surface area contributed by atoms with E-state index < -0.39 is 0 Å². The second-order valence-electron chi connectivity index (χ2n) is 4.46. The van der Waals surface area contributed by atoms with E-state index in [0.29, 0.717) is 18.1 Å². The maximum Gasteiger partial charge on any atom is 0.191 e. The number of aliphatic imine (C=N–C) groups is 1. The van der Waals surface area contributed by atoms with Gasteiger partial charge in [-0.1, -0.05) is 25.1 Å². The highest BCUT2D eigenvalue weighted by Crippen LogP contribution is 2.07. The van der Waals surface area contributed by atoms with Crippen molar-refractivity contribution in [1.29, 1.82) is 0 Å². The van der Waals surface area contributed by atoms with Crippen LogP contribution in [0.5, 0.6) is 0 Å². The molecule has 0 saturated heterocycles. The molecule has 0 bridgehead atoms. The summed E-state index contributed by atoms with van der Waals surface area (Å²) in [5, 5.41) is 15.2. The van der Waals surface area contributed by atoms with Crippen LogP contribution in [-0.4, -0.2) is 30.8 Å². The van der Waals surface area contributed by atoms with Crippen LogP contribution in [0.25, 0.3) is 0 Å². The molecule has 114 valence electrons. The number of hydrogen-bond donors (Lipinski definition) is 3. The average Bonchev–Trinajstić information content (AvgIpc) is 2.43. The first-order valence-electron chi connectivity index (χ1n) is 6.53. The molecule has 0 spiro atoms. The van der Waals surface area contributed by atoms with Gasteiger partial charge in [0.1, 0.15) is 5.82 Å². The summed E-state index contributed by atoms with van der Waals surface area (Å²) in [4.78, 5) is 4.32. The van der Waals surface area contributed by atoms with Gasteiger partial charge in [-0.25, -0.2) is 9.38 Å². The molecule has 1 aromatic carbocycles. The number of rotatable bonds is 6. The van der Waals surface area contributed by atoms with Crippen LogP contribution < -0.4 is 10.6 Å². The zero-order valence-corrected chi connectivity index (χ0v) is 14.2. The molecule has 1 rings (SSSR count). The first kappa shape index (κ1) is 19.1. The van der Waals surface area contributed by atoms with E-state index in [0.717, 1.165) is 6.54 Å². The molecule has 0 amide bonds. The van der Waals surface area contributed by atoms with Crippen molar-refractivity contribution in [3.63, 3.8) is 0 Å². The van der Waals surface area contributed by atoms with Gasteiger partial charge in [0.2, 0.25) is 0 Å². The normalized spacial score (nSPS) is 12.5. The summed E-state index contributed by atoms with van der Waals surface area (Å²) in [6.45, 7) is 5.68. The molecular formula is C14H23FIN3O. The molecule has 0 heterocycles. The summed E-state index contributed by atoms with van der Waals surface area (Å²) in [7, 11) is 0. The Balaban J connectivity index is 0.00000361. The van der Waals surface area contributed by atoms with Gasteiger partial charge in [0.05, 0.1) is 6.54 Å². The fourth-order valence-corrected chi connectivity index (χ4v) is 1.47. The Morgan fingerprint density at radius 3 is 2.65 bits per heavy atom. The van der Waals surface area contributed by atoms with Gasteiger partial charge in [0.25, 0.3) is 0 Å². The topological polar surface area (TPSA) is 56.7 Å². The summed E-state index contributed by atoms with van der Waals surface area (Å²) in [6, 6.07) is 6.61. The summed E-state index contributed by atoms with van der Waals surface area (Å²) < 4.78 is 13.5. The molecule has 6 heteroatoms. The molecule has 4 nitrogen and oxygen atoms in total. The predicted octanol–water partition coefficient (Wildman–Crippen LogP) is 2.13. The van der Waals surface area contributed by atoms with Crippen molar-refractivity contribution in [3.05, 3.63) is 35.6 Å². The van der Waals surface area contributed by atoms with Gasteiger partial charge < -0.3 is 15.7 Å². The van der Waals surface area contributed by atoms with Crippen LogP contribution in [0, 0.1) is 11.7 Å². The standard InChI is InChI=1S/C14H22FN3O.HI/c1-3-16-14(17-8-11(2)10-19)18-9-12-6-4-5-7-13(12)15;/h4-7,11,19H,3,8-10H2,1-2H3,(H2,16,17,18);1H. The zero-order chi connectivity index (χ0) is 14.1. The van der Waals surface area contributed by atoms with E-state index in [1.165, 1.54) is 6.07 Å². The monoisotopic (exact) mass is 395 g/mol. The fraction of sp³-hybridized carbons (Fsp3) is 0.500. The number of halogens is 2. The second kappa shape index (κ2) is 10.8. The molecule has 1 unspecified atom stereocenters. The number of guanidine groups is 1. The zero-order valence-electron chi connectivity index (χ0n) is 11.9. The van der Waals surface area contributed by atoms with Gasteiger partial charge >= 0.3 is 0 Å². The van der Waals surface area contributed by atoms with Crippen molar-refractivity contribution in [2.75, 3.05) is 19.7 Å². The number of benzene rings is 1. The summed E-state index contributed by atoms with van der Waals surface area (Å²) in [6.07, 6.45) is 0. The third-order valence-corrected chi connectivity index (χ3v) is 2.64. The Labute approximate surface area is 136 Å². The second-order valence-corrected chi connectivity index (χ2v) is 4.46. The lowest BCUT2D eigenvalue weighted by atomic mass is 10.2. The largest absolute Gasteiger partial charge is 0.396 e. The van der Waals surface area contributed by atoms with Crippen LogP contribution in [0.1, 0.15) is 19.4 Å². The lowest BCUT2D eigenvalue weighted by molar-refractivity contribution is 0.238. The fourth-order valence-electron chi connectivity index (χ4n) is 1.47. The average molecular weight is 395 g/mol. The lowest BCUT2D eigenvalue weighted by Gasteiger charge is -2.14. The van der Waals surface area contributed by atoms with Crippen molar-refractivity contribution >= 4 is 29.9 Å². The first-order valence-corrected chi connectivity index (χ1v) is 6.53. The molecule has 0 aliphatic carbocycles. The number of nitrogens with zero attached hydrogens (tertiary/aromatic N) is 1. The summed E-state index contributed by atoms with van der Waals surface area (Å²) >= 11 is 0. The number of aliphatic hydroxyl groups is 1. The van der Waals surface area contributed by atoms with Crippen molar-refractivity contribution in [2.24, 2.45) is 10.9 Å². The maximum absolute atomic E-state index is 13.5. The van der Waals surface area contributed by atoms with Crippen LogP contribution in [0.3, 0.4) is 0 Å². The Morgan fingerprint density at radius 2 is 2.05 bits per heavy atom. The Hall–Kier alpha value is -0.890. The molecule has 0 radical (unpaired) electrons. The quantitative estimate of drug-likeness (QED) is 0.393. The van der Waals surface area contributed by atoms with Crippen LogP contribution in [0.2, 0.25) is 0 Å². The number of nitrogens with one attached hydrogen (secondary N) is 2. The van der Waals surface area contributed by atoms with E-state index in [2.05, 4.69) is 15.6 Å². The smallest absolute Gasteiger partial charge is 0.191 e. The highest BCUT2D eigenvalue weighted by molar-refractivity contribution is 14.0. The van der Waals surface area contributed by atoms with Crippen molar-refractivity contribution in [3.8, 4) is 0 Å². The molecule has 1 atom stereocenters. The van der Waals surface area contributed by atoms with Crippen LogP contribution >= 0.6 is 24.0 Å². The van der Waals surface area contributed by atoms with E-state index in [1.807, 2.05) is 13.8 Å². The molecule has 0 aromatic heterocycles. The highest BCUT2D eigenvalue weighted by Gasteiger charge is 2.03. The molecular weight excluding hydrogens is 372 g/mol. The van der Waals surface area contributed by atoms with Gasteiger partial charge in [-0.05, 0) is 18.9 Å². The Morgan fingerprint density at radius 1 is 1.35 bits per heavy atom. The minimum atomic E-state index is -0.245. The van der Waals surface area contributed by atoms with Crippen LogP contribution in [0.4, 0.5) is 4.39 Å². The lowest BCUT2D eigenvalue weighted by Crippen LogP contribution is -2.39. The van der Waals surface area contributed by atoms with E-state index in [4.69, 9.17) is 5.11 Å². The van der Waals surface area contributed by atoms with Crippen molar-refractivity contribution < 1.29 is 9.50 Å². The Kier molecular flexibility index (Phi) is 10.4. The molecule has 0 saturated carbocycles.